The Kier molecular flexibility index (Phi) is 6.15. The molecule has 3 heterocycles. The van der Waals surface area contributed by atoms with Crippen LogP contribution >= 0.6 is 0 Å². The molecule has 0 saturated carbocycles. The average Bonchev–Trinajstić information content (AvgIpc) is 3.33. The van der Waals surface area contributed by atoms with E-state index in [-0.39, 0.29) is 18.1 Å². The molecule has 2 aromatic heterocycles. The molecule has 30 heavy (non-hydrogen) atoms. The number of nitrogens with zero attached hydrogens (tertiary/aromatic N) is 3. The average molecular weight is 412 g/mol. The Bertz CT molecular complexity index is 1040. The van der Waals surface area contributed by atoms with Crippen molar-refractivity contribution >= 4 is 33.9 Å². The number of carbonyl (C=O) groups is 1. The molecular formula is C22H29N5O3. The highest BCUT2D eigenvalue weighted by Gasteiger charge is 2.26. The molecule has 8 heteroatoms. The maximum absolute atomic E-state index is 13.0. The van der Waals surface area contributed by atoms with Crippen LogP contribution < -0.4 is 11.1 Å². The summed E-state index contributed by atoms with van der Waals surface area (Å²) in [4.78, 5) is 22.5. The van der Waals surface area contributed by atoms with Gasteiger partial charge >= 0.3 is 0 Å². The number of hydrogen-bond acceptors (Lipinski definition) is 6. The molecule has 8 nitrogen and oxygen atoms in total. The molecule has 1 aliphatic rings. The lowest BCUT2D eigenvalue weighted by Crippen LogP contribution is -2.26. The van der Waals surface area contributed by atoms with Crippen molar-refractivity contribution < 1.29 is 14.3 Å². The molecule has 0 unspecified atom stereocenters. The number of anilines is 1. The first kappa shape index (κ1) is 20.6. The maximum Gasteiger partial charge on any atom is 0.257 e. The van der Waals surface area contributed by atoms with Crippen LogP contribution in [0.15, 0.2) is 24.3 Å². The molecule has 0 aliphatic carbocycles. The van der Waals surface area contributed by atoms with E-state index in [1.165, 1.54) is 0 Å². The first-order valence-electron chi connectivity index (χ1n) is 10.6. The molecule has 1 aromatic carbocycles. The van der Waals surface area contributed by atoms with Crippen molar-refractivity contribution in [3.8, 4) is 0 Å². The van der Waals surface area contributed by atoms with Crippen molar-refractivity contribution in [3.63, 3.8) is 0 Å². The standard InChI is InChI=1S/C22H29N5O3/c1-14(2)29-12-6-10-24-22(28)18-19-21(26-17-9-4-3-8-16(17)25-19)27(20(18)23)13-15-7-5-11-30-15/h3-4,8-9,14-15H,5-7,10-13,23H2,1-2H3,(H,24,28)/t15-/m1/s1. The van der Waals surface area contributed by atoms with Crippen LogP contribution in [0.1, 0.15) is 43.5 Å². The molecule has 0 radical (unpaired) electrons. The van der Waals surface area contributed by atoms with E-state index in [9.17, 15) is 4.79 Å². The number of rotatable bonds is 8. The monoisotopic (exact) mass is 411 g/mol. The van der Waals surface area contributed by atoms with Gasteiger partial charge in [0.2, 0.25) is 0 Å². The summed E-state index contributed by atoms with van der Waals surface area (Å²) in [6.45, 7) is 6.40. The second-order valence-corrected chi connectivity index (χ2v) is 7.92. The molecule has 1 fully saturated rings. The number of ether oxygens (including phenoxy) is 2. The number of aromatic nitrogens is 3. The molecule has 0 bridgehead atoms. The fourth-order valence-corrected chi connectivity index (χ4v) is 3.80. The largest absolute Gasteiger partial charge is 0.384 e. The van der Waals surface area contributed by atoms with Gasteiger partial charge in [0.25, 0.3) is 5.91 Å². The van der Waals surface area contributed by atoms with Crippen LogP contribution in [0, 0.1) is 0 Å². The van der Waals surface area contributed by atoms with Gasteiger partial charge in [-0.05, 0) is 45.2 Å². The zero-order valence-electron chi connectivity index (χ0n) is 17.6. The number of nitrogens with two attached hydrogens (primary N) is 1. The van der Waals surface area contributed by atoms with Gasteiger partial charge in [-0.1, -0.05) is 12.1 Å². The Morgan fingerprint density at radius 3 is 2.80 bits per heavy atom. The molecule has 0 spiro atoms. The zero-order valence-corrected chi connectivity index (χ0v) is 17.6. The minimum Gasteiger partial charge on any atom is -0.384 e. The van der Waals surface area contributed by atoms with E-state index in [1.54, 1.807) is 0 Å². The molecule has 1 amide bonds. The number of carbonyl (C=O) groups excluding carboxylic acids is 1. The molecular weight excluding hydrogens is 382 g/mol. The summed E-state index contributed by atoms with van der Waals surface area (Å²) in [7, 11) is 0. The minimum atomic E-state index is -0.238. The van der Waals surface area contributed by atoms with Crippen molar-refractivity contribution in [3.05, 3.63) is 29.8 Å². The highest BCUT2D eigenvalue weighted by molar-refractivity contribution is 6.10. The first-order chi connectivity index (χ1) is 14.5. The Morgan fingerprint density at radius 1 is 1.33 bits per heavy atom. The highest BCUT2D eigenvalue weighted by Crippen LogP contribution is 2.29. The van der Waals surface area contributed by atoms with E-state index < -0.39 is 0 Å². The normalized spacial score (nSPS) is 16.7. The summed E-state index contributed by atoms with van der Waals surface area (Å²) < 4.78 is 13.2. The predicted molar refractivity (Wildman–Crippen MR) is 116 cm³/mol. The third-order valence-corrected chi connectivity index (χ3v) is 5.29. The van der Waals surface area contributed by atoms with Gasteiger partial charge in [-0.15, -0.1) is 0 Å². The molecule has 160 valence electrons. The molecule has 3 N–H and O–H groups in total. The van der Waals surface area contributed by atoms with Crippen LogP contribution in [0.4, 0.5) is 5.82 Å². The number of fused-ring (bicyclic) bond motifs is 2. The minimum absolute atomic E-state index is 0.0697. The van der Waals surface area contributed by atoms with Gasteiger partial charge < -0.3 is 25.1 Å². The number of nitrogen functional groups attached to an aromatic ring is 1. The highest BCUT2D eigenvalue weighted by atomic mass is 16.5. The molecule has 1 aliphatic heterocycles. The number of nitrogens with one attached hydrogen (secondary N) is 1. The van der Waals surface area contributed by atoms with E-state index in [0.29, 0.717) is 42.2 Å². The molecule has 3 aromatic rings. The van der Waals surface area contributed by atoms with Crippen molar-refractivity contribution in [2.75, 3.05) is 25.5 Å². The lowest BCUT2D eigenvalue weighted by Gasteiger charge is -2.13. The molecule has 1 saturated heterocycles. The fourth-order valence-electron chi connectivity index (χ4n) is 3.80. The summed E-state index contributed by atoms with van der Waals surface area (Å²) in [6.07, 6.45) is 2.98. The van der Waals surface area contributed by atoms with Crippen LogP contribution in [0.25, 0.3) is 22.2 Å². The van der Waals surface area contributed by atoms with Crippen LogP contribution in [-0.2, 0) is 16.0 Å². The Balaban J connectivity index is 1.66. The summed E-state index contributed by atoms with van der Waals surface area (Å²) in [6, 6.07) is 7.63. The smallest absolute Gasteiger partial charge is 0.257 e. The summed E-state index contributed by atoms with van der Waals surface area (Å²) in [5.41, 5.74) is 9.51. The molecule has 1 atom stereocenters. The van der Waals surface area contributed by atoms with Gasteiger partial charge in [-0.3, -0.25) is 4.79 Å². The van der Waals surface area contributed by atoms with E-state index in [0.717, 1.165) is 36.9 Å². The van der Waals surface area contributed by atoms with Crippen LogP contribution in [0.2, 0.25) is 0 Å². The van der Waals surface area contributed by atoms with E-state index >= 15 is 0 Å². The van der Waals surface area contributed by atoms with Gasteiger partial charge in [0.1, 0.15) is 16.9 Å². The van der Waals surface area contributed by atoms with Gasteiger partial charge in [0.05, 0.1) is 29.8 Å². The van der Waals surface area contributed by atoms with Crippen molar-refractivity contribution in [2.24, 2.45) is 0 Å². The third-order valence-electron chi connectivity index (χ3n) is 5.29. The van der Waals surface area contributed by atoms with E-state index in [1.807, 2.05) is 42.7 Å². The third kappa shape index (κ3) is 4.24. The Morgan fingerprint density at radius 2 is 2.10 bits per heavy atom. The number of para-hydroxylation sites is 2. The first-order valence-corrected chi connectivity index (χ1v) is 10.6. The van der Waals surface area contributed by atoms with Gasteiger partial charge in [-0.25, -0.2) is 9.97 Å². The summed E-state index contributed by atoms with van der Waals surface area (Å²) >= 11 is 0. The lowest BCUT2D eigenvalue weighted by atomic mass is 10.2. The van der Waals surface area contributed by atoms with Gasteiger partial charge in [-0.2, -0.15) is 0 Å². The zero-order chi connectivity index (χ0) is 21.1. The summed E-state index contributed by atoms with van der Waals surface area (Å²) in [5.74, 6) is 0.143. The number of amides is 1. The Labute approximate surface area is 175 Å². The number of benzene rings is 1. The maximum atomic E-state index is 13.0. The summed E-state index contributed by atoms with van der Waals surface area (Å²) in [5, 5.41) is 2.95. The van der Waals surface area contributed by atoms with Crippen molar-refractivity contribution in [1.82, 2.24) is 19.9 Å². The van der Waals surface area contributed by atoms with Crippen LogP contribution in [-0.4, -0.2) is 52.4 Å². The second-order valence-electron chi connectivity index (χ2n) is 7.92. The predicted octanol–water partition coefficient (Wildman–Crippen LogP) is 2.89. The lowest BCUT2D eigenvalue weighted by molar-refractivity contribution is 0.0757. The van der Waals surface area contributed by atoms with Crippen molar-refractivity contribution in [2.45, 2.75) is 51.9 Å². The van der Waals surface area contributed by atoms with E-state index in [4.69, 9.17) is 25.2 Å². The van der Waals surface area contributed by atoms with Crippen LogP contribution in [0.3, 0.4) is 0 Å². The van der Waals surface area contributed by atoms with Gasteiger partial charge in [0, 0.05) is 19.8 Å². The van der Waals surface area contributed by atoms with Crippen molar-refractivity contribution in [1.29, 1.82) is 0 Å². The second kappa shape index (κ2) is 8.97. The molecule has 4 rings (SSSR count). The Hall–Kier alpha value is -2.71. The quantitative estimate of drug-likeness (QED) is 0.552. The number of hydrogen-bond donors (Lipinski definition) is 2. The van der Waals surface area contributed by atoms with Gasteiger partial charge in [0.15, 0.2) is 5.65 Å². The fraction of sp³-hybridized carbons (Fsp3) is 0.500. The van der Waals surface area contributed by atoms with Crippen LogP contribution in [0.5, 0.6) is 0 Å². The SMILES string of the molecule is CC(C)OCCCNC(=O)c1c(N)n(C[C@H]2CCCO2)c2nc3ccccc3nc12. The van der Waals surface area contributed by atoms with E-state index in [2.05, 4.69) is 5.32 Å². The topological polar surface area (TPSA) is 104 Å².